The Morgan fingerprint density at radius 3 is 2.56 bits per heavy atom. The highest BCUT2D eigenvalue weighted by atomic mass is 16.5. The largest absolute Gasteiger partial charge is 0.496 e. The van der Waals surface area contributed by atoms with Crippen molar-refractivity contribution in [3.05, 3.63) is 28.8 Å². The van der Waals surface area contributed by atoms with Gasteiger partial charge in [-0.25, -0.2) is 0 Å². The average molecular weight is 347 g/mol. The number of rotatable bonds is 6. The van der Waals surface area contributed by atoms with Crippen LogP contribution in [0.25, 0.3) is 0 Å². The van der Waals surface area contributed by atoms with Gasteiger partial charge in [0.05, 0.1) is 7.11 Å². The third-order valence-corrected chi connectivity index (χ3v) is 6.33. The first-order valence-corrected chi connectivity index (χ1v) is 9.86. The Hall–Kier alpha value is -1.10. The molecule has 1 saturated carbocycles. The average Bonchev–Trinajstić information content (AvgIpc) is 3.14. The van der Waals surface area contributed by atoms with Crippen LogP contribution in [0.15, 0.2) is 12.1 Å². The molecule has 3 rings (SSSR count). The van der Waals surface area contributed by atoms with E-state index in [1.807, 2.05) is 0 Å². The molecule has 1 aliphatic carbocycles. The summed E-state index contributed by atoms with van der Waals surface area (Å²) in [6, 6.07) is 5.56. The van der Waals surface area contributed by atoms with Crippen LogP contribution in [0, 0.1) is 13.8 Å². The monoisotopic (exact) mass is 346 g/mol. The molecule has 140 valence electrons. The molecule has 0 spiro atoms. The number of hydrogen-bond acceptors (Lipinski definition) is 4. The zero-order valence-corrected chi connectivity index (χ0v) is 16.1. The fraction of sp³-hybridized carbons (Fsp3) is 0.714. The van der Waals surface area contributed by atoms with Gasteiger partial charge in [-0.1, -0.05) is 18.9 Å². The molecule has 1 atom stereocenters. The number of aliphatic hydroxyl groups excluding tert-OH is 1. The van der Waals surface area contributed by atoms with Crippen molar-refractivity contribution in [2.24, 2.45) is 0 Å². The maximum absolute atomic E-state index is 9.53. The molecule has 4 nitrogen and oxygen atoms in total. The van der Waals surface area contributed by atoms with Crippen LogP contribution in [-0.2, 0) is 6.54 Å². The maximum Gasteiger partial charge on any atom is 0.122 e. The van der Waals surface area contributed by atoms with Gasteiger partial charge in [-0.15, -0.1) is 0 Å². The summed E-state index contributed by atoms with van der Waals surface area (Å²) in [6.07, 6.45) is 6.34. The van der Waals surface area contributed by atoms with Crippen LogP contribution in [0.2, 0.25) is 0 Å². The van der Waals surface area contributed by atoms with Crippen molar-refractivity contribution in [2.45, 2.75) is 64.6 Å². The summed E-state index contributed by atoms with van der Waals surface area (Å²) < 4.78 is 5.44. The lowest BCUT2D eigenvalue weighted by Gasteiger charge is -2.44. The van der Waals surface area contributed by atoms with Crippen LogP contribution in [-0.4, -0.2) is 60.3 Å². The predicted molar refractivity (Wildman–Crippen MR) is 102 cm³/mol. The maximum atomic E-state index is 9.53. The molecule has 2 fully saturated rings. The predicted octanol–water partition coefficient (Wildman–Crippen LogP) is 3.12. The summed E-state index contributed by atoms with van der Waals surface area (Å²) in [5.74, 6) is 0.977. The highest BCUT2D eigenvalue weighted by molar-refractivity contribution is 5.43. The highest BCUT2D eigenvalue weighted by Crippen LogP contribution is 2.29. The summed E-state index contributed by atoms with van der Waals surface area (Å²) in [7, 11) is 1.74. The fourth-order valence-corrected chi connectivity index (χ4v) is 4.69. The molecule has 1 aliphatic heterocycles. The van der Waals surface area contributed by atoms with Crippen molar-refractivity contribution in [3.8, 4) is 5.75 Å². The number of aliphatic hydroxyl groups is 1. The Labute approximate surface area is 152 Å². The number of methoxy groups -OCH3 is 1. The summed E-state index contributed by atoms with van der Waals surface area (Å²) in [4.78, 5) is 5.27. The highest BCUT2D eigenvalue weighted by Gasteiger charge is 2.33. The Bertz CT molecular complexity index is 569. The number of benzene rings is 1. The summed E-state index contributed by atoms with van der Waals surface area (Å²) >= 11 is 0. The molecule has 1 N–H and O–H groups in total. The van der Waals surface area contributed by atoms with Gasteiger partial charge in [-0.2, -0.15) is 0 Å². The van der Waals surface area contributed by atoms with Gasteiger partial charge in [-0.3, -0.25) is 9.80 Å². The third kappa shape index (κ3) is 4.18. The van der Waals surface area contributed by atoms with Gasteiger partial charge in [0.2, 0.25) is 0 Å². The van der Waals surface area contributed by atoms with Crippen molar-refractivity contribution in [1.29, 1.82) is 0 Å². The minimum absolute atomic E-state index is 0.294. The van der Waals surface area contributed by atoms with E-state index in [1.54, 1.807) is 7.11 Å². The molecule has 0 aromatic heterocycles. The topological polar surface area (TPSA) is 35.9 Å². The van der Waals surface area contributed by atoms with E-state index in [-0.39, 0.29) is 0 Å². The summed E-state index contributed by atoms with van der Waals surface area (Å²) in [6.45, 7) is 8.98. The molecule has 0 amide bonds. The normalized spacial score (nSPS) is 23.3. The number of nitrogens with zero attached hydrogens (tertiary/aromatic N) is 2. The second-order valence-electron chi connectivity index (χ2n) is 7.75. The first-order valence-electron chi connectivity index (χ1n) is 9.86. The van der Waals surface area contributed by atoms with E-state index in [0.29, 0.717) is 12.6 Å². The first kappa shape index (κ1) is 18.7. The summed E-state index contributed by atoms with van der Waals surface area (Å²) in [5, 5.41) is 9.53. The minimum Gasteiger partial charge on any atom is -0.496 e. The Kier molecular flexibility index (Phi) is 6.37. The van der Waals surface area contributed by atoms with Crippen molar-refractivity contribution < 1.29 is 9.84 Å². The zero-order valence-electron chi connectivity index (χ0n) is 16.1. The Balaban J connectivity index is 1.67. The van der Waals surface area contributed by atoms with E-state index in [0.717, 1.165) is 44.4 Å². The molecular formula is C21H34N2O2. The SMILES string of the molecule is COc1ccc(CN2CCN(C3CCCC3)[C@@H](CCO)C2)c(C)c1C. The van der Waals surface area contributed by atoms with Crippen LogP contribution in [0.1, 0.15) is 48.8 Å². The van der Waals surface area contributed by atoms with Gasteiger partial charge >= 0.3 is 0 Å². The van der Waals surface area contributed by atoms with Gasteiger partial charge < -0.3 is 9.84 Å². The molecule has 0 unspecified atom stereocenters. The molecule has 1 saturated heterocycles. The van der Waals surface area contributed by atoms with Gasteiger partial charge in [-0.05, 0) is 55.9 Å². The van der Waals surface area contributed by atoms with Gasteiger partial charge in [0.1, 0.15) is 5.75 Å². The van der Waals surface area contributed by atoms with E-state index in [1.165, 1.54) is 42.4 Å². The molecule has 0 bridgehead atoms. The van der Waals surface area contributed by atoms with Crippen LogP contribution in [0.5, 0.6) is 5.75 Å². The smallest absolute Gasteiger partial charge is 0.122 e. The molecule has 1 aromatic carbocycles. The Morgan fingerprint density at radius 1 is 1.12 bits per heavy atom. The van der Waals surface area contributed by atoms with Crippen LogP contribution in [0.4, 0.5) is 0 Å². The second-order valence-corrected chi connectivity index (χ2v) is 7.75. The summed E-state index contributed by atoms with van der Waals surface area (Å²) in [5.41, 5.74) is 3.99. The van der Waals surface area contributed by atoms with E-state index in [9.17, 15) is 5.11 Å². The van der Waals surface area contributed by atoms with E-state index in [2.05, 4.69) is 35.8 Å². The molecular weight excluding hydrogens is 312 g/mol. The second kappa shape index (κ2) is 8.52. The third-order valence-electron chi connectivity index (χ3n) is 6.33. The van der Waals surface area contributed by atoms with Crippen molar-refractivity contribution in [3.63, 3.8) is 0 Å². The standard InChI is InChI=1S/C21H34N2O2/c1-16-17(2)21(25-3)9-8-18(16)14-22-11-12-23(19-6-4-5-7-19)20(15-22)10-13-24/h8-9,19-20,24H,4-7,10-15H2,1-3H3/t20-/m0/s1. The molecule has 25 heavy (non-hydrogen) atoms. The van der Waals surface area contributed by atoms with Crippen molar-refractivity contribution in [1.82, 2.24) is 9.80 Å². The van der Waals surface area contributed by atoms with Crippen LogP contribution in [0.3, 0.4) is 0 Å². The quantitative estimate of drug-likeness (QED) is 0.858. The molecule has 1 heterocycles. The molecule has 4 heteroatoms. The lowest BCUT2D eigenvalue weighted by molar-refractivity contribution is 0.0266. The van der Waals surface area contributed by atoms with Crippen LogP contribution >= 0.6 is 0 Å². The number of ether oxygens (including phenoxy) is 1. The van der Waals surface area contributed by atoms with E-state index >= 15 is 0 Å². The van der Waals surface area contributed by atoms with Crippen molar-refractivity contribution >= 4 is 0 Å². The number of piperazine rings is 1. The first-order chi connectivity index (χ1) is 12.1. The molecule has 0 radical (unpaired) electrons. The van der Waals surface area contributed by atoms with E-state index in [4.69, 9.17) is 4.74 Å². The minimum atomic E-state index is 0.294. The lowest BCUT2D eigenvalue weighted by atomic mass is 10.00. The Morgan fingerprint density at radius 2 is 1.88 bits per heavy atom. The van der Waals surface area contributed by atoms with Gasteiger partial charge in [0, 0.05) is 44.9 Å². The van der Waals surface area contributed by atoms with Gasteiger partial charge in [0.25, 0.3) is 0 Å². The molecule has 1 aromatic rings. The lowest BCUT2D eigenvalue weighted by Crippen LogP contribution is -2.56. The zero-order chi connectivity index (χ0) is 17.8. The van der Waals surface area contributed by atoms with E-state index < -0.39 is 0 Å². The molecule has 2 aliphatic rings. The fourth-order valence-electron chi connectivity index (χ4n) is 4.69. The number of hydrogen-bond donors (Lipinski definition) is 1. The van der Waals surface area contributed by atoms with Gasteiger partial charge in [0.15, 0.2) is 0 Å². The van der Waals surface area contributed by atoms with Crippen molar-refractivity contribution in [2.75, 3.05) is 33.4 Å². The van der Waals surface area contributed by atoms with Crippen LogP contribution < -0.4 is 4.74 Å².